The van der Waals surface area contributed by atoms with Gasteiger partial charge in [-0.25, -0.2) is 0 Å². The highest BCUT2D eigenvalue weighted by Crippen LogP contribution is 2.47. The molecule has 368 valence electrons. The zero-order valence-electron chi connectivity index (χ0n) is 42.8. The second-order valence-electron chi connectivity index (χ2n) is 22.2. The van der Waals surface area contributed by atoms with E-state index >= 15 is 0 Å². The largest absolute Gasteiger partial charge is 0.508 e. The van der Waals surface area contributed by atoms with Crippen molar-refractivity contribution in [2.24, 2.45) is 0 Å². The van der Waals surface area contributed by atoms with Crippen molar-refractivity contribution in [2.45, 2.75) is 192 Å². The van der Waals surface area contributed by atoms with Crippen molar-refractivity contribution in [1.82, 2.24) is 0 Å². The molecular formula is C66H80O4. The van der Waals surface area contributed by atoms with Crippen molar-refractivity contribution in [3.05, 3.63) is 187 Å². The minimum Gasteiger partial charge on any atom is -0.508 e. The van der Waals surface area contributed by atoms with Crippen LogP contribution in [0.3, 0.4) is 0 Å². The van der Waals surface area contributed by atoms with Crippen LogP contribution in [0.15, 0.2) is 109 Å². The fourth-order valence-corrected chi connectivity index (χ4v) is 13.2. The normalized spacial score (nSPS) is 17.7. The first-order valence-electron chi connectivity index (χ1n) is 27.5. The third-order valence-corrected chi connectivity index (χ3v) is 17.2. The van der Waals surface area contributed by atoms with Gasteiger partial charge in [0.15, 0.2) is 0 Å². The maximum atomic E-state index is 11.0. The van der Waals surface area contributed by atoms with E-state index in [4.69, 9.17) is 0 Å². The summed E-state index contributed by atoms with van der Waals surface area (Å²) in [6.07, 6.45) is 24.5. The van der Waals surface area contributed by atoms with Crippen molar-refractivity contribution in [2.75, 3.05) is 0 Å². The Kier molecular flexibility index (Phi) is 16.1. The molecule has 0 aliphatic heterocycles. The summed E-state index contributed by atoms with van der Waals surface area (Å²) in [4.78, 5) is 0. The topological polar surface area (TPSA) is 80.9 Å². The van der Waals surface area contributed by atoms with Gasteiger partial charge < -0.3 is 20.4 Å². The summed E-state index contributed by atoms with van der Waals surface area (Å²) in [5.41, 5.74) is 16.8. The molecule has 0 atom stereocenters. The minimum atomic E-state index is 0.0662. The molecule has 6 aromatic rings. The van der Waals surface area contributed by atoms with Crippen molar-refractivity contribution < 1.29 is 20.4 Å². The lowest BCUT2D eigenvalue weighted by Crippen LogP contribution is -2.12. The summed E-state index contributed by atoms with van der Waals surface area (Å²) in [6.45, 7) is 8.54. The number of rotatable bonds is 10. The molecule has 4 fully saturated rings. The van der Waals surface area contributed by atoms with Gasteiger partial charge >= 0.3 is 0 Å². The average Bonchev–Trinajstić information content (AvgIpc) is 3.38. The summed E-state index contributed by atoms with van der Waals surface area (Å²) in [5.74, 6) is 3.70. The van der Waals surface area contributed by atoms with Crippen LogP contribution in [0.5, 0.6) is 23.0 Å². The summed E-state index contributed by atoms with van der Waals surface area (Å²) in [5, 5.41) is 43.5. The number of phenols is 4. The van der Waals surface area contributed by atoms with Crippen LogP contribution in [0.1, 0.15) is 242 Å². The molecule has 10 rings (SSSR count). The van der Waals surface area contributed by atoms with E-state index in [1.807, 2.05) is 24.3 Å². The molecular weight excluding hydrogens is 857 g/mol. The number of hydrogen-bond acceptors (Lipinski definition) is 4. The van der Waals surface area contributed by atoms with Crippen molar-refractivity contribution in [3.8, 4) is 23.0 Å². The van der Waals surface area contributed by atoms with Gasteiger partial charge in [-0.05, 0) is 194 Å². The standard InChI is InChI=1S/C34H42O2.C32H38O2/c1-22-14-16-27(17-15-22)34(28-20-30(32(35)18-23(28)2)25-10-6-4-7-11-25)29-21-31(33(36)19-24(29)3)26-12-8-5-9-13-26;1-22-12-14-25(15-13-22)32(26-16-18-30(33)28(20-26)23-8-4-2-5-9-23)27-17-19-31(34)29(21-27)24-10-6-3-7-11-24/h14-21,25-26,34-36H,4-13H2,1-3H3;12-21,23-24,32-34H,2-11H2,1H3. The Morgan fingerprint density at radius 2 is 0.586 bits per heavy atom. The van der Waals surface area contributed by atoms with Gasteiger partial charge in [0.25, 0.3) is 0 Å². The van der Waals surface area contributed by atoms with E-state index < -0.39 is 0 Å². The van der Waals surface area contributed by atoms with Gasteiger partial charge in [0.2, 0.25) is 0 Å². The molecule has 0 bridgehead atoms. The first kappa shape index (κ1) is 49.5. The molecule has 4 saturated carbocycles. The van der Waals surface area contributed by atoms with Gasteiger partial charge in [-0.2, -0.15) is 0 Å². The van der Waals surface area contributed by atoms with Gasteiger partial charge in [0.1, 0.15) is 23.0 Å². The molecule has 0 radical (unpaired) electrons. The third-order valence-electron chi connectivity index (χ3n) is 17.2. The lowest BCUT2D eigenvalue weighted by atomic mass is 9.76. The van der Waals surface area contributed by atoms with Crippen LogP contribution in [0.4, 0.5) is 0 Å². The highest BCUT2D eigenvalue weighted by atomic mass is 16.3. The van der Waals surface area contributed by atoms with Crippen LogP contribution in [0.25, 0.3) is 0 Å². The van der Waals surface area contributed by atoms with Crippen LogP contribution >= 0.6 is 0 Å². The lowest BCUT2D eigenvalue weighted by Gasteiger charge is -2.29. The molecule has 4 aliphatic carbocycles. The fourth-order valence-electron chi connectivity index (χ4n) is 13.2. The SMILES string of the molecule is Cc1ccc(C(c2cc(C3CCCCC3)c(O)cc2C)c2cc(C3CCCCC3)c(O)cc2C)cc1.Cc1ccc(C(c2ccc(O)c(C3CCCCC3)c2)c2ccc(O)c(C3CCCCC3)c2)cc1. The first-order valence-corrected chi connectivity index (χ1v) is 27.5. The number of phenolic OH excluding ortho intramolecular Hbond substituents is 4. The van der Waals surface area contributed by atoms with Crippen LogP contribution in [0.2, 0.25) is 0 Å². The van der Waals surface area contributed by atoms with Crippen molar-refractivity contribution in [1.29, 1.82) is 0 Å². The summed E-state index contributed by atoms with van der Waals surface area (Å²) >= 11 is 0. The Balaban J connectivity index is 0.000000174. The third kappa shape index (κ3) is 11.3. The number of hydrogen-bond donors (Lipinski definition) is 4. The Labute approximate surface area is 420 Å². The molecule has 0 spiro atoms. The van der Waals surface area contributed by atoms with Gasteiger partial charge in [0, 0.05) is 11.8 Å². The highest BCUT2D eigenvalue weighted by molar-refractivity contribution is 5.56. The molecule has 0 aromatic heterocycles. The van der Waals surface area contributed by atoms with Crippen molar-refractivity contribution in [3.63, 3.8) is 0 Å². The second kappa shape index (κ2) is 22.7. The molecule has 4 aliphatic rings. The highest BCUT2D eigenvalue weighted by Gasteiger charge is 2.29. The smallest absolute Gasteiger partial charge is 0.119 e. The maximum absolute atomic E-state index is 11.0. The monoisotopic (exact) mass is 937 g/mol. The molecule has 0 amide bonds. The van der Waals surface area contributed by atoms with E-state index in [1.165, 1.54) is 122 Å². The predicted octanol–water partition coefficient (Wildman–Crippen LogP) is 18.0. The Morgan fingerprint density at radius 1 is 0.300 bits per heavy atom. The number of aryl methyl sites for hydroxylation is 4. The molecule has 0 saturated heterocycles. The zero-order chi connectivity index (χ0) is 48.7. The van der Waals surface area contributed by atoms with Crippen LogP contribution in [0, 0.1) is 27.7 Å². The molecule has 4 N–H and O–H groups in total. The van der Waals surface area contributed by atoms with Gasteiger partial charge in [-0.3, -0.25) is 0 Å². The van der Waals surface area contributed by atoms with E-state index in [-0.39, 0.29) is 11.8 Å². The Morgan fingerprint density at radius 3 is 0.914 bits per heavy atom. The molecule has 6 aromatic carbocycles. The van der Waals surface area contributed by atoms with Gasteiger partial charge in [-0.1, -0.05) is 173 Å². The van der Waals surface area contributed by atoms with E-state index in [1.54, 1.807) is 0 Å². The van der Waals surface area contributed by atoms with Crippen LogP contribution in [-0.2, 0) is 0 Å². The fraction of sp³-hybridized carbons (Fsp3) is 0.455. The van der Waals surface area contributed by atoms with E-state index in [2.05, 4.69) is 113 Å². The molecule has 70 heavy (non-hydrogen) atoms. The summed E-state index contributed by atoms with van der Waals surface area (Å²) in [7, 11) is 0. The van der Waals surface area contributed by atoms with Gasteiger partial charge in [-0.15, -0.1) is 0 Å². The lowest BCUT2D eigenvalue weighted by molar-refractivity contribution is 0.413. The van der Waals surface area contributed by atoms with E-state index in [0.29, 0.717) is 46.7 Å². The molecule has 0 heterocycles. The van der Waals surface area contributed by atoms with E-state index in [0.717, 1.165) is 84.7 Å². The molecule has 4 nitrogen and oxygen atoms in total. The summed E-state index contributed by atoms with van der Waals surface area (Å²) in [6, 6.07) is 39.0. The average molecular weight is 937 g/mol. The molecule has 0 unspecified atom stereocenters. The van der Waals surface area contributed by atoms with Crippen LogP contribution in [-0.4, -0.2) is 20.4 Å². The quantitative estimate of drug-likeness (QED) is 0.103. The minimum absolute atomic E-state index is 0.0662. The first-order chi connectivity index (χ1) is 34.0. The number of benzene rings is 6. The second-order valence-corrected chi connectivity index (χ2v) is 22.2. The van der Waals surface area contributed by atoms with Gasteiger partial charge in [0.05, 0.1) is 0 Å². The summed E-state index contributed by atoms with van der Waals surface area (Å²) < 4.78 is 0. The molecule has 4 heteroatoms. The maximum Gasteiger partial charge on any atom is 0.119 e. The zero-order valence-corrected chi connectivity index (χ0v) is 42.8. The van der Waals surface area contributed by atoms with E-state index in [9.17, 15) is 20.4 Å². The van der Waals surface area contributed by atoms with Crippen LogP contribution < -0.4 is 0 Å². The Hall–Kier alpha value is -5.48. The van der Waals surface area contributed by atoms with Crippen molar-refractivity contribution >= 4 is 0 Å². The Bertz CT molecular complexity index is 2530. The number of aromatic hydroxyl groups is 4. The predicted molar refractivity (Wildman–Crippen MR) is 289 cm³/mol.